The van der Waals surface area contributed by atoms with Crippen molar-refractivity contribution in [1.82, 2.24) is 9.71 Å². The Kier molecular flexibility index (Phi) is 8.88. The number of nitrogens with zero attached hydrogens (tertiary/aromatic N) is 1. The van der Waals surface area contributed by atoms with Gasteiger partial charge in [0, 0.05) is 12.6 Å². The molecule has 2 aromatic rings. The summed E-state index contributed by atoms with van der Waals surface area (Å²) in [6.07, 6.45) is 4.76. The molecule has 4 N–H and O–H groups in total. The maximum Gasteiger partial charge on any atom is 0.212 e. The van der Waals surface area contributed by atoms with Crippen molar-refractivity contribution < 1.29 is 13.6 Å². The molecule has 0 amide bonds. The molecule has 152 valence electrons. The number of nitrogens with two attached hydrogens (primary N) is 1. The fraction of sp³-hybridized carbons (Fsp3) is 0.368. The fourth-order valence-electron chi connectivity index (χ4n) is 2.42. The normalized spacial score (nSPS) is 12.4. The van der Waals surface area contributed by atoms with Crippen molar-refractivity contribution in [3.05, 3.63) is 51.8 Å². The number of hydrogen-bond acceptors (Lipinski definition) is 7. The van der Waals surface area contributed by atoms with E-state index in [1.165, 1.54) is 6.07 Å². The third-order valence-electron chi connectivity index (χ3n) is 3.95. The van der Waals surface area contributed by atoms with Crippen LogP contribution in [0, 0.1) is 11.6 Å². The highest BCUT2D eigenvalue weighted by Gasteiger charge is 2.24. The summed E-state index contributed by atoms with van der Waals surface area (Å²) < 4.78 is 31.0. The monoisotopic (exact) mass is 426 g/mol. The number of ketones is 1. The zero-order chi connectivity index (χ0) is 20.5. The van der Waals surface area contributed by atoms with E-state index >= 15 is 0 Å². The molecule has 0 saturated heterocycles. The number of rotatable bonds is 11. The van der Waals surface area contributed by atoms with Crippen LogP contribution in [0.5, 0.6) is 0 Å². The van der Waals surface area contributed by atoms with Gasteiger partial charge in [-0.3, -0.25) is 9.52 Å². The first-order chi connectivity index (χ1) is 13.5. The van der Waals surface area contributed by atoms with Crippen molar-refractivity contribution in [1.29, 1.82) is 0 Å². The van der Waals surface area contributed by atoms with E-state index in [1.807, 2.05) is 12.3 Å². The van der Waals surface area contributed by atoms with Gasteiger partial charge in [-0.25, -0.2) is 13.8 Å². The minimum atomic E-state index is -0.917. The third-order valence-corrected chi connectivity index (χ3v) is 5.65. The molecule has 0 radical (unpaired) electrons. The number of nitrogens with one attached hydrogen (secondary N) is 2. The Morgan fingerprint density at radius 1 is 1.36 bits per heavy atom. The van der Waals surface area contributed by atoms with Crippen LogP contribution in [0.1, 0.15) is 48.3 Å². The highest BCUT2D eigenvalue weighted by molar-refractivity contribution is 8.00. The molecular formula is C19H24F2N4OS2. The van der Waals surface area contributed by atoms with Crippen LogP contribution in [-0.2, 0) is 0 Å². The first kappa shape index (κ1) is 22.3. The summed E-state index contributed by atoms with van der Waals surface area (Å²) in [6, 6.07) is 3.42. The number of anilines is 2. The number of nitrogen functional groups attached to an aromatic ring is 1. The van der Waals surface area contributed by atoms with Gasteiger partial charge in [-0.15, -0.1) is 0 Å². The van der Waals surface area contributed by atoms with Gasteiger partial charge in [0.2, 0.25) is 5.78 Å². The van der Waals surface area contributed by atoms with Gasteiger partial charge in [-0.05, 0) is 36.8 Å². The minimum Gasteiger partial charge on any atom is -0.382 e. The smallest absolute Gasteiger partial charge is 0.212 e. The lowest BCUT2D eigenvalue weighted by Gasteiger charge is -2.15. The van der Waals surface area contributed by atoms with Crippen LogP contribution in [0.15, 0.2) is 29.7 Å². The molecule has 0 spiro atoms. The molecule has 5 nitrogen and oxygen atoms in total. The molecule has 0 aliphatic carbocycles. The molecule has 1 heterocycles. The van der Waals surface area contributed by atoms with E-state index in [9.17, 15) is 13.6 Å². The van der Waals surface area contributed by atoms with E-state index < -0.39 is 23.0 Å². The van der Waals surface area contributed by atoms with Crippen molar-refractivity contribution in [2.75, 3.05) is 17.6 Å². The molecule has 1 unspecified atom stereocenters. The van der Waals surface area contributed by atoms with E-state index in [1.54, 1.807) is 11.9 Å². The van der Waals surface area contributed by atoms with Gasteiger partial charge in [-0.1, -0.05) is 49.3 Å². The Labute approximate surface area is 171 Å². The lowest BCUT2D eigenvalue weighted by atomic mass is 10.1. The second-order valence-corrected chi connectivity index (χ2v) is 7.79. The zero-order valence-corrected chi connectivity index (χ0v) is 17.4. The Bertz CT molecular complexity index is 806. The van der Waals surface area contributed by atoms with Crippen LogP contribution in [0.4, 0.5) is 19.7 Å². The summed E-state index contributed by atoms with van der Waals surface area (Å²) in [5.41, 5.74) is 5.22. The maximum absolute atomic E-state index is 13.9. The van der Waals surface area contributed by atoms with E-state index in [4.69, 9.17) is 5.73 Å². The molecule has 1 atom stereocenters. The van der Waals surface area contributed by atoms with Crippen LogP contribution in [-0.4, -0.2) is 23.4 Å². The van der Waals surface area contributed by atoms with E-state index in [2.05, 4.69) is 28.0 Å². The lowest BCUT2D eigenvalue weighted by Crippen LogP contribution is -2.22. The van der Waals surface area contributed by atoms with Crippen molar-refractivity contribution >= 4 is 40.0 Å². The maximum atomic E-state index is 13.9. The first-order valence-corrected chi connectivity index (χ1v) is 10.7. The number of carbonyl (C=O) groups is 1. The summed E-state index contributed by atoms with van der Waals surface area (Å²) in [7, 11) is 0. The molecule has 0 aliphatic rings. The van der Waals surface area contributed by atoms with Gasteiger partial charge >= 0.3 is 0 Å². The van der Waals surface area contributed by atoms with Gasteiger partial charge in [0.05, 0.1) is 5.56 Å². The highest BCUT2D eigenvalue weighted by Crippen LogP contribution is 2.30. The van der Waals surface area contributed by atoms with E-state index in [0.29, 0.717) is 5.13 Å². The Balaban J connectivity index is 2.02. The molecule has 0 fully saturated rings. The minimum absolute atomic E-state index is 0.0275. The molecule has 0 saturated carbocycles. The van der Waals surface area contributed by atoms with E-state index in [-0.39, 0.29) is 16.7 Å². The first-order valence-electron chi connectivity index (χ1n) is 9.02. The van der Waals surface area contributed by atoms with Gasteiger partial charge in [0.15, 0.2) is 5.13 Å². The molecule has 2 rings (SSSR count). The second-order valence-electron chi connectivity index (χ2n) is 5.99. The van der Waals surface area contributed by atoms with Crippen LogP contribution in [0.2, 0.25) is 0 Å². The Morgan fingerprint density at radius 3 is 2.71 bits per heavy atom. The van der Waals surface area contributed by atoms with Crippen LogP contribution < -0.4 is 15.8 Å². The van der Waals surface area contributed by atoms with Crippen molar-refractivity contribution in [2.45, 2.75) is 39.2 Å². The summed E-state index contributed by atoms with van der Waals surface area (Å²) in [5.74, 6) is -2.67. The van der Waals surface area contributed by atoms with Crippen LogP contribution >= 0.6 is 23.3 Å². The third kappa shape index (κ3) is 6.02. The number of thiazole rings is 1. The molecule has 1 aromatic heterocycles. The summed E-state index contributed by atoms with van der Waals surface area (Å²) in [6.45, 7) is 4.91. The van der Waals surface area contributed by atoms with Crippen LogP contribution in [0.3, 0.4) is 0 Å². The predicted octanol–water partition coefficient (Wildman–Crippen LogP) is 4.98. The Morgan fingerprint density at radius 2 is 2.07 bits per heavy atom. The quantitative estimate of drug-likeness (QED) is 0.267. The van der Waals surface area contributed by atoms with Crippen molar-refractivity contribution in [2.24, 2.45) is 0 Å². The number of carbonyl (C=O) groups excluding carboxylic acids is 1. The molecule has 28 heavy (non-hydrogen) atoms. The van der Waals surface area contributed by atoms with Crippen molar-refractivity contribution in [3.8, 4) is 0 Å². The standard InChI is InChI=1S/C19H24F2N4OS2/c1-3-5-11-27-23-10-9-12(4-2)24-19-25-18(22)17(28-19)16(26)15-13(20)7-6-8-14(15)21/h5-8,11-12,23H,3-4,9-10,22H2,1-2H3,(H,24,25)/b11-5+. The van der Waals surface area contributed by atoms with Gasteiger partial charge in [0.1, 0.15) is 22.3 Å². The molecule has 9 heteroatoms. The number of halogens is 2. The molecule has 0 aliphatic heterocycles. The van der Waals surface area contributed by atoms with Crippen molar-refractivity contribution in [3.63, 3.8) is 0 Å². The van der Waals surface area contributed by atoms with Gasteiger partial charge in [0.25, 0.3) is 0 Å². The Hall–Kier alpha value is -1.97. The van der Waals surface area contributed by atoms with E-state index in [0.717, 1.165) is 49.3 Å². The average Bonchev–Trinajstić information content (AvgIpc) is 3.03. The highest BCUT2D eigenvalue weighted by atomic mass is 32.2. The topological polar surface area (TPSA) is 80.0 Å². The lowest BCUT2D eigenvalue weighted by molar-refractivity contribution is 0.103. The average molecular weight is 427 g/mol. The molecule has 1 aromatic carbocycles. The predicted molar refractivity (Wildman–Crippen MR) is 114 cm³/mol. The largest absolute Gasteiger partial charge is 0.382 e. The number of allylic oxidation sites excluding steroid dienone is 1. The number of benzene rings is 1. The summed E-state index contributed by atoms with van der Waals surface area (Å²) >= 11 is 2.55. The number of aromatic nitrogens is 1. The van der Waals surface area contributed by atoms with Gasteiger partial charge in [-0.2, -0.15) is 0 Å². The molecule has 0 bridgehead atoms. The SMILES string of the molecule is CC/C=C/SNCCC(CC)Nc1nc(N)c(C(=O)c2c(F)cccc2F)s1. The summed E-state index contributed by atoms with van der Waals surface area (Å²) in [5, 5.41) is 5.72. The second kappa shape index (κ2) is 11.1. The fourth-order valence-corrected chi connectivity index (χ4v) is 3.95. The number of hydrogen-bond donors (Lipinski definition) is 3. The zero-order valence-electron chi connectivity index (χ0n) is 15.8. The van der Waals surface area contributed by atoms with Crippen LogP contribution in [0.25, 0.3) is 0 Å². The summed E-state index contributed by atoms with van der Waals surface area (Å²) in [4.78, 5) is 16.7. The van der Waals surface area contributed by atoms with Gasteiger partial charge < -0.3 is 11.1 Å². The molecular weight excluding hydrogens is 402 g/mol.